The second-order valence-corrected chi connectivity index (χ2v) is 4.21. The number of nitrogen functional groups attached to an aromatic ring is 1. The predicted octanol–water partition coefficient (Wildman–Crippen LogP) is 1.31. The quantitative estimate of drug-likeness (QED) is 0.691. The van der Waals surface area contributed by atoms with E-state index in [9.17, 15) is 9.18 Å². The summed E-state index contributed by atoms with van der Waals surface area (Å²) in [5.74, 6) is -1.80. The second kappa shape index (κ2) is 5.68. The van der Waals surface area contributed by atoms with Crippen LogP contribution in [-0.2, 0) is 0 Å². The van der Waals surface area contributed by atoms with Gasteiger partial charge in [-0.05, 0) is 26.0 Å². The number of carbonyl (C=O) groups is 1. The monoisotopic (exact) mass is 256 g/mol. The Balaban J connectivity index is 3.29. The topological polar surface area (TPSA) is 86.8 Å². The van der Waals surface area contributed by atoms with Crippen LogP contribution in [0.5, 0.6) is 0 Å². The molecule has 1 rings (SSSR count). The first-order valence-corrected chi connectivity index (χ1v) is 5.58. The first-order chi connectivity index (χ1) is 8.38. The van der Waals surface area contributed by atoms with Crippen molar-refractivity contribution in [1.82, 2.24) is 0 Å². The van der Waals surface area contributed by atoms with Gasteiger partial charge < -0.3 is 20.8 Å². The molecular formula is C12H17FN2O3. The molecule has 0 radical (unpaired) electrons. The molecule has 0 aliphatic rings. The molecule has 6 heteroatoms. The Morgan fingerprint density at radius 1 is 1.50 bits per heavy atom. The van der Waals surface area contributed by atoms with Crippen LogP contribution in [0.15, 0.2) is 12.1 Å². The van der Waals surface area contributed by atoms with Crippen molar-refractivity contribution in [2.75, 3.05) is 23.8 Å². The fourth-order valence-corrected chi connectivity index (χ4v) is 1.75. The summed E-state index contributed by atoms with van der Waals surface area (Å²) in [4.78, 5) is 12.5. The van der Waals surface area contributed by atoms with Crippen LogP contribution in [0.4, 0.5) is 15.8 Å². The van der Waals surface area contributed by atoms with Gasteiger partial charge in [-0.2, -0.15) is 0 Å². The second-order valence-electron chi connectivity index (χ2n) is 4.21. The first-order valence-electron chi connectivity index (χ1n) is 5.58. The Morgan fingerprint density at radius 3 is 2.56 bits per heavy atom. The van der Waals surface area contributed by atoms with Gasteiger partial charge in [0, 0.05) is 18.3 Å². The van der Waals surface area contributed by atoms with E-state index in [1.54, 1.807) is 4.90 Å². The van der Waals surface area contributed by atoms with Crippen LogP contribution in [0.3, 0.4) is 0 Å². The van der Waals surface area contributed by atoms with E-state index in [1.807, 2.05) is 13.8 Å². The number of nitrogens with two attached hydrogens (primary N) is 1. The van der Waals surface area contributed by atoms with Crippen molar-refractivity contribution in [3.05, 3.63) is 23.5 Å². The molecule has 0 unspecified atom stereocenters. The molecule has 5 nitrogen and oxygen atoms in total. The summed E-state index contributed by atoms with van der Waals surface area (Å²) in [7, 11) is 0. The summed E-state index contributed by atoms with van der Waals surface area (Å²) in [6.45, 7) is 3.72. The molecule has 0 aliphatic heterocycles. The van der Waals surface area contributed by atoms with Gasteiger partial charge in [0.05, 0.1) is 17.9 Å². The summed E-state index contributed by atoms with van der Waals surface area (Å²) in [6.07, 6.45) is 0. The SMILES string of the molecule is CC(C)N(CCO)c1cc(C(=O)O)c(N)cc1F. The Morgan fingerprint density at radius 2 is 2.11 bits per heavy atom. The molecule has 0 spiro atoms. The van der Waals surface area contributed by atoms with E-state index < -0.39 is 11.8 Å². The Labute approximate surface area is 105 Å². The third-order valence-corrected chi connectivity index (χ3v) is 2.62. The van der Waals surface area contributed by atoms with E-state index in [2.05, 4.69) is 0 Å². The smallest absolute Gasteiger partial charge is 0.337 e. The number of carboxylic acid groups (broad SMARTS) is 1. The number of hydrogen-bond donors (Lipinski definition) is 3. The van der Waals surface area contributed by atoms with Gasteiger partial charge in [-0.3, -0.25) is 0 Å². The minimum absolute atomic E-state index is 0.0723. The number of hydrogen-bond acceptors (Lipinski definition) is 4. The van der Waals surface area contributed by atoms with Gasteiger partial charge in [0.25, 0.3) is 0 Å². The lowest BCUT2D eigenvalue weighted by Crippen LogP contribution is -2.34. The molecule has 0 saturated heterocycles. The molecule has 0 amide bonds. The van der Waals surface area contributed by atoms with Gasteiger partial charge in [0.1, 0.15) is 5.82 Å². The highest BCUT2D eigenvalue weighted by atomic mass is 19.1. The molecule has 0 heterocycles. The van der Waals surface area contributed by atoms with Gasteiger partial charge in [-0.25, -0.2) is 9.18 Å². The Bertz CT molecular complexity index is 449. The lowest BCUT2D eigenvalue weighted by molar-refractivity contribution is 0.0698. The van der Waals surface area contributed by atoms with Crippen molar-refractivity contribution in [3.63, 3.8) is 0 Å². The molecular weight excluding hydrogens is 239 g/mol. The van der Waals surface area contributed by atoms with Crippen LogP contribution in [-0.4, -0.2) is 35.4 Å². The number of rotatable bonds is 5. The summed E-state index contributed by atoms with van der Waals surface area (Å²) in [6, 6.07) is 2.12. The molecule has 0 aliphatic carbocycles. The summed E-state index contributed by atoms with van der Waals surface area (Å²) in [5.41, 5.74) is 5.32. The molecule has 0 bridgehead atoms. The van der Waals surface area contributed by atoms with E-state index in [0.717, 1.165) is 6.07 Å². The number of nitrogens with zero attached hydrogens (tertiary/aromatic N) is 1. The van der Waals surface area contributed by atoms with Crippen LogP contribution in [0.1, 0.15) is 24.2 Å². The number of carboxylic acids is 1. The number of benzene rings is 1. The average Bonchev–Trinajstić information content (AvgIpc) is 2.26. The van der Waals surface area contributed by atoms with E-state index in [0.29, 0.717) is 0 Å². The van der Waals surface area contributed by atoms with Crippen LogP contribution in [0.25, 0.3) is 0 Å². The van der Waals surface area contributed by atoms with E-state index in [-0.39, 0.29) is 36.1 Å². The zero-order valence-electron chi connectivity index (χ0n) is 10.4. The van der Waals surface area contributed by atoms with Crippen LogP contribution in [0, 0.1) is 5.82 Å². The maximum Gasteiger partial charge on any atom is 0.337 e. The van der Waals surface area contributed by atoms with Gasteiger partial charge in [-0.15, -0.1) is 0 Å². The number of aromatic carboxylic acids is 1. The highest BCUT2D eigenvalue weighted by Crippen LogP contribution is 2.26. The summed E-state index contributed by atoms with van der Waals surface area (Å²) in [5, 5.41) is 17.9. The molecule has 0 aromatic heterocycles. The Kier molecular flexibility index (Phi) is 4.49. The third kappa shape index (κ3) is 2.89. The molecule has 0 saturated carbocycles. The van der Waals surface area contributed by atoms with E-state index in [4.69, 9.17) is 15.9 Å². The standard InChI is InChI=1S/C12H17FN2O3/c1-7(2)15(3-4-16)11-5-8(12(17)18)10(14)6-9(11)13/h5-7,16H,3-4,14H2,1-2H3,(H,17,18). The maximum atomic E-state index is 13.8. The van der Waals surface area contributed by atoms with Gasteiger partial charge in [0.15, 0.2) is 0 Å². The fourth-order valence-electron chi connectivity index (χ4n) is 1.75. The highest BCUT2D eigenvalue weighted by molar-refractivity contribution is 5.95. The normalized spacial score (nSPS) is 10.7. The zero-order valence-corrected chi connectivity index (χ0v) is 10.4. The average molecular weight is 256 g/mol. The number of aliphatic hydroxyl groups excluding tert-OH is 1. The molecule has 100 valence electrons. The molecule has 18 heavy (non-hydrogen) atoms. The minimum Gasteiger partial charge on any atom is -0.478 e. The zero-order chi connectivity index (χ0) is 13.9. The van der Waals surface area contributed by atoms with Crippen LogP contribution in [0.2, 0.25) is 0 Å². The molecule has 1 aromatic rings. The first kappa shape index (κ1) is 14.2. The van der Waals surface area contributed by atoms with E-state index >= 15 is 0 Å². The number of halogens is 1. The minimum atomic E-state index is -1.21. The number of aliphatic hydroxyl groups is 1. The molecule has 0 fully saturated rings. The van der Waals surface area contributed by atoms with Crippen molar-refractivity contribution in [1.29, 1.82) is 0 Å². The molecule has 4 N–H and O–H groups in total. The lowest BCUT2D eigenvalue weighted by atomic mass is 10.1. The maximum absolute atomic E-state index is 13.8. The molecule has 1 aromatic carbocycles. The van der Waals surface area contributed by atoms with Gasteiger partial charge in [0.2, 0.25) is 0 Å². The van der Waals surface area contributed by atoms with Crippen molar-refractivity contribution < 1.29 is 19.4 Å². The van der Waals surface area contributed by atoms with Crippen molar-refractivity contribution >= 4 is 17.3 Å². The van der Waals surface area contributed by atoms with Gasteiger partial charge in [-0.1, -0.05) is 0 Å². The predicted molar refractivity (Wildman–Crippen MR) is 67.3 cm³/mol. The molecule has 0 atom stereocenters. The Hall–Kier alpha value is -1.82. The van der Waals surface area contributed by atoms with E-state index in [1.165, 1.54) is 6.07 Å². The third-order valence-electron chi connectivity index (χ3n) is 2.62. The fraction of sp³-hybridized carbons (Fsp3) is 0.417. The highest BCUT2D eigenvalue weighted by Gasteiger charge is 2.19. The van der Waals surface area contributed by atoms with Crippen molar-refractivity contribution in [2.24, 2.45) is 0 Å². The van der Waals surface area contributed by atoms with Crippen molar-refractivity contribution in [2.45, 2.75) is 19.9 Å². The van der Waals surface area contributed by atoms with Crippen LogP contribution < -0.4 is 10.6 Å². The van der Waals surface area contributed by atoms with Crippen LogP contribution >= 0.6 is 0 Å². The largest absolute Gasteiger partial charge is 0.478 e. The summed E-state index contributed by atoms with van der Waals surface area (Å²) >= 11 is 0. The lowest BCUT2D eigenvalue weighted by Gasteiger charge is -2.29. The van der Waals surface area contributed by atoms with Crippen molar-refractivity contribution in [3.8, 4) is 0 Å². The van der Waals surface area contributed by atoms with Gasteiger partial charge >= 0.3 is 5.97 Å². The summed E-state index contributed by atoms with van der Waals surface area (Å²) < 4.78 is 13.8. The number of anilines is 2.